The molecule has 0 fully saturated rings. The lowest BCUT2D eigenvalue weighted by Gasteiger charge is -2.00. The third-order valence-corrected chi connectivity index (χ3v) is 1.74. The molecule has 0 unspecified atom stereocenters. The van der Waals surface area contributed by atoms with E-state index < -0.39 is 11.6 Å². The van der Waals surface area contributed by atoms with Gasteiger partial charge in [0.25, 0.3) is 0 Å². The minimum Gasteiger partial charge on any atom is -0.395 e. The molecule has 1 rings (SSSR count). The minimum atomic E-state index is -0.844. The van der Waals surface area contributed by atoms with Crippen LogP contribution in [0.2, 0.25) is 0 Å². The molecule has 3 nitrogen and oxygen atoms in total. The van der Waals surface area contributed by atoms with Crippen LogP contribution >= 0.6 is 0 Å². The number of hydrogen-bond donors (Lipinski definition) is 2. The Morgan fingerprint density at radius 1 is 1.50 bits per heavy atom. The van der Waals surface area contributed by atoms with E-state index in [2.05, 4.69) is 17.2 Å². The van der Waals surface area contributed by atoms with E-state index in [1.165, 1.54) is 6.92 Å². The number of amides is 1. The lowest BCUT2D eigenvalue weighted by molar-refractivity contribution is -0.118. The van der Waals surface area contributed by atoms with Crippen molar-refractivity contribution in [1.82, 2.24) is 5.32 Å². The average molecular weight is 224 g/mol. The maximum atomic E-state index is 13.0. The molecule has 0 spiro atoms. The molecule has 0 aliphatic rings. The standard InChI is InChI=1S/C11H10F2N2O/c1-7(16)15-4-2-3-8-5-9(12)6-10(13)11(8)14/h5-6H,4,14H2,1H3,(H,15,16). The van der Waals surface area contributed by atoms with Gasteiger partial charge in [0.05, 0.1) is 17.8 Å². The van der Waals surface area contributed by atoms with Crippen molar-refractivity contribution in [3.63, 3.8) is 0 Å². The fourth-order valence-corrected chi connectivity index (χ4v) is 0.996. The SMILES string of the molecule is CC(=O)NCC#Cc1cc(F)cc(F)c1N. The van der Waals surface area contributed by atoms with Gasteiger partial charge in [-0.1, -0.05) is 11.8 Å². The largest absolute Gasteiger partial charge is 0.395 e. The summed E-state index contributed by atoms with van der Waals surface area (Å²) in [5.74, 6) is 3.20. The van der Waals surface area contributed by atoms with E-state index in [0.29, 0.717) is 6.07 Å². The number of nitrogens with two attached hydrogens (primary N) is 1. The van der Waals surface area contributed by atoms with Crippen LogP contribution in [0.3, 0.4) is 0 Å². The van der Waals surface area contributed by atoms with Gasteiger partial charge in [-0.25, -0.2) is 8.78 Å². The molecule has 0 bridgehead atoms. The Kier molecular flexibility index (Phi) is 3.84. The second kappa shape index (κ2) is 5.12. The van der Waals surface area contributed by atoms with Gasteiger partial charge in [-0.05, 0) is 6.07 Å². The van der Waals surface area contributed by atoms with E-state index in [9.17, 15) is 13.6 Å². The topological polar surface area (TPSA) is 55.1 Å². The number of anilines is 1. The Morgan fingerprint density at radius 3 is 2.81 bits per heavy atom. The van der Waals surface area contributed by atoms with Crippen LogP contribution in [0.4, 0.5) is 14.5 Å². The van der Waals surface area contributed by atoms with Crippen molar-refractivity contribution in [2.24, 2.45) is 0 Å². The molecule has 0 saturated carbocycles. The van der Waals surface area contributed by atoms with Crippen LogP contribution in [0, 0.1) is 23.5 Å². The van der Waals surface area contributed by atoms with Gasteiger partial charge in [-0.15, -0.1) is 0 Å². The fourth-order valence-electron chi connectivity index (χ4n) is 0.996. The van der Waals surface area contributed by atoms with Crippen molar-refractivity contribution >= 4 is 11.6 Å². The van der Waals surface area contributed by atoms with Crippen LogP contribution in [0.5, 0.6) is 0 Å². The summed E-state index contributed by atoms with van der Waals surface area (Å²) in [7, 11) is 0. The van der Waals surface area contributed by atoms with E-state index >= 15 is 0 Å². The van der Waals surface area contributed by atoms with Gasteiger partial charge in [-0.2, -0.15) is 0 Å². The monoisotopic (exact) mass is 224 g/mol. The van der Waals surface area contributed by atoms with Crippen LogP contribution < -0.4 is 11.1 Å². The number of rotatable bonds is 1. The molecule has 0 aliphatic heterocycles. The van der Waals surface area contributed by atoms with Crippen molar-refractivity contribution in [3.8, 4) is 11.8 Å². The van der Waals surface area contributed by atoms with E-state index in [1.807, 2.05) is 0 Å². The highest BCUT2D eigenvalue weighted by atomic mass is 19.1. The molecule has 1 aromatic rings. The molecule has 1 amide bonds. The molecule has 84 valence electrons. The first-order valence-corrected chi connectivity index (χ1v) is 4.48. The van der Waals surface area contributed by atoms with Crippen molar-refractivity contribution in [2.45, 2.75) is 6.92 Å². The van der Waals surface area contributed by atoms with E-state index in [1.54, 1.807) is 0 Å². The predicted octanol–water partition coefficient (Wildman–Crippen LogP) is 1.03. The van der Waals surface area contributed by atoms with E-state index in [4.69, 9.17) is 5.73 Å². The van der Waals surface area contributed by atoms with Crippen molar-refractivity contribution in [2.75, 3.05) is 12.3 Å². The molecular weight excluding hydrogens is 214 g/mol. The minimum absolute atomic E-state index is 0.0721. The molecule has 3 N–H and O–H groups in total. The Labute approximate surface area is 91.6 Å². The molecule has 1 aromatic carbocycles. The van der Waals surface area contributed by atoms with Gasteiger partial charge in [0.1, 0.15) is 11.6 Å². The third-order valence-electron chi connectivity index (χ3n) is 1.74. The summed E-state index contributed by atoms with van der Waals surface area (Å²) in [6, 6.07) is 1.73. The molecule has 16 heavy (non-hydrogen) atoms. The first-order chi connectivity index (χ1) is 7.50. The van der Waals surface area contributed by atoms with Crippen LogP contribution in [-0.2, 0) is 4.79 Å². The molecule has 0 saturated heterocycles. The number of nitrogens with one attached hydrogen (secondary N) is 1. The average Bonchev–Trinajstić information content (AvgIpc) is 2.19. The van der Waals surface area contributed by atoms with Gasteiger partial charge in [0.15, 0.2) is 0 Å². The first-order valence-electron chi connectivity index (χ1n) is 4.48. The summed E-state index contributed by atoms with van der Waals surface area (Å²) in [6.07, 6.45) is 0. The van der Waals surface area contributed by atoms with E-state index in [0.717, 1.165) is 6.07 Å². The van der Waals surface area contributed by atoms with E-state index in [-0.39, 0.29) is 23.7 Å². The zero-order valence-electron chi connectivity index (χ0n) is 8.60. The quantitative estimate of drug-likeness (QED) is 0.553. The summed E-state index contributed by atoms with van der Waals surface area (Å²) in [4.78, 5) is 10.5. The lowest BCUT2D eigenvalue weighted by Crippen LogP contribution is -2.19. The molecule has 5 heteroatoms. The number of carbonyl (C=O) groups excluding carboxylic acids is 1. The molecule has 0 atom stereocenters. The number of carbonyl (C=O) groups is 1. The summed E-state index contributed by atoms with van der Waals surface area (Å²) in [6.45, 7) is 1.45. The Hall–Kier alpha value is -2.09. The van der Waals surface area contributed by atoms with Gasteiger partial charge in [0, 0.05) is 13.0 Å². The molecule has 0 radical (unpaired) electrons. The van der Waals surface area contributed by atoms with Gasteiger partial charge in [0.2, 0.25) is 5.91 Å². The van der Waals surface area contributed by atoms with Crippen LogP contribution in [0.25, 0.3) is 0 Å². The maximum Gasteiger partial charge on any atom is 0.217 e. The van der Waals surface area contributed by atoms with Gasteiger partial charge in [-0.3, -0.25) is 4.79 Å². The van der Waals surface area contributed by atoms with Crippen LogP contribution in [0.15, 0.2) is 12.1 Å². The highest BCUT2D eigenvalue weighted by Crippen LogP contribution is 2.16. The van der Waals surface area contributed by atoms with Crippen molar-refractivity contribution in [3.05, 3.63) is 29.3 Å². The number of nitrogen functional groups attached to an aromatic ring is 1. The zero-order valence-corrected chi connectivity index (χ0v) is 8.60. The smallest absolute Gasteiger partial charge is 0.217 e. The molecule has 0 heterocycles. The molecular formula is C11H10F2N2O. The summed E-state index contributed by atoms with van der Waals surface area (Å²) in [5, 5.41) is 2.42. The lowest BCUT2D eigenvalue weighted by atomic mass is 10.1. The summed E-state index contributed by atoms with van der Waals surface area (Å²) in [5.41, 5.74) is 5.24. The van der Waals surface area contributed by atoms with Gasteiger partial charge >= 0.3 is 0 Å². The zero-order chi connectivity index (χ0) is 12.1. The molecule has 0 aromatic heterocycles. The fraction of sp³-hybridized carbons (Fsp3) is 0.182. The Bertz CT molecular complexity index is 475. The number of benzene rings is 1. The Balaban J connectivity index is 2.84. The second-order valence-electron chi connectivity index (χ2n) is 3.06. The van der Waals surface area contributed by atoms with Crippen LogP contribution in [-0.4, -0.2) is 12.5 Å². The Morgan fingerprint density at radius 2 is 2.19 bits per heavy atom. The van der Waals surface area contributed by atoms with Crippen molar-refractivity contribution < 1.29 is 13.6 Å². The predicted molar refractivity (Wildman–Crippen MR) is 56.3 cm³/mol. The highest BCUT2D eigenvalue weighted by molar-refractivity contribution is 5.73. The highest BCUT2D eigenvalue weighted by Gasteiger charge is 2.05. The first kappa shape index (κ1) is 12.0. The number of hydrogen-bond acceptors (Lipinski definition) is 2. The third kappa shape index (κ3) is 3.24. The maximum absolute atomic E-state index is 13.0. The number of halogens is 2. The second-order valence-corrected chi connectivity index (χ2v) is 3.06. The van der Waals surface area contributed by atoms with Crippen molar-refractivity contribution in [1.29, 1.82) is 0 Å². The van der Waals surface area contributed by atoms with Crippen LogP contribution in [0.1, 0.15) is 12.5 Å². The summed E-state index contributed by atoms with van der Waals surface area (Å²) >= 11 is 0. The normalized spacial score (nSPS) is 9.19. The summed E-state index contributed by atoms with van der Waals surface area (Å²) < 4.78 is 25.8. The van der Waals surface area contributed by atoms with Gasteiger partial charge < -0.3 is 11.1 Å². The molecule has 0 aliphatic carbocycles.